The molecule has 2 heterocycles. The minimum Gasteiger partial charge on any atom is -0.352 e. The Morgan fingerprint density at radius 3 is 2.76 bits per heavy atom. The number of anilines is 1. The van der Waals surface area contributed by atoms with E-state index in [4.69, 9.17) is 0 Å². The van der Waals surface area contributed by atoms with Crippen LogP contribution in [0.15, 0.2) is 42.5 Å². The highest BCUT2D eigenvalue weighted by atomic mass is 16.1. The molecular formula is C20H26N4O. The number of nitrogens with zero attached hydrogens (tertiary/aromatic N) is 3. The summed E-state index contributed by atoms with van der Waals surface area (Å²) in [5.41, 5.74) is 3.24. The molecule has 0 aliphatic carbocycles. The molecule has 0 fully saturated rings. The zero-order valence-electron chi connectivity index (χ0n) is 15.0. The quantitative estimate of drug-likeness (QED) is 0.821. The third-order valence-electron chi connectivity index (χ3n) is 4.49. The molecule has 0 spiro atoms. The van der Waals surface area contributed by atoms with Gasteiger partial charge in [-0.2, -0.15) is 0 Å². The van der Waals surface area contributed by atoms with Crippen LogP contribution >= 0.6 is 0 Å². The molecule has 5 heteroatoms. The number of pyridine rings is 1. The van der Waals surface area contributed by atoms with Crippen LogP contribution in [-0.4, -0.2) is 49.5 Å². The highest BCUT2D eigenvalue weighted by molar-refractivity contribution is 5.92. The first-order valence-electron chi connectivity index (χ1n) is 8.85. The molecule has 1 aliphatic rings. The molecule has 1 aliphatic heterocycles. The second-order valence-corrected chi connectivity index (χ2v) is 6.73. The molecule has 0 bridgehead atoms. The van der Waals surface area contributed by atoms with E-state index >= 15 is 0 Å². The van der Waals surface area contributed by atoms with Crippen molar-refractivity contribution in [3.63, 3.8) is 0 Å². The first kappa shape index (κ1) is 17.4. The van der Waals surface area contributed by atoms with E-state index in [0.717, 1.165) is 38.3 Å². The molecule has 25 heavy (non-hydrogen) atoms. The summed E-state index contributed by atoms with van der Waals surface area (Å²) in [5, 5.41) is 2.95. The molecule has 132 valence electrons. The molecule has 1 N–H and O–H groups in total. The Bertz CT molecular complexity index is 729. The molecular weight excluding hydrogens is 312 g/mol. The number of amides is 1. The lowest BCUT2D eigenvalue weighted by Gasteiger charge is -2.29. The number of carbonyl (C=O) groups is 1. The summed E-state index contributed by atoms with van der Waals surface area (Å²) < 4.78 is 0. The van der Waals surface area contributed by atoms with Crippen molar-refractivity contribution in [3.05, 3.63) is 59.3 Å². The van der Waals surface area contributed by atoms with Gasteiger partial charge in [-0.1, -0.05) is 30.3 Å². The molecule has 1 aromatic carbocycles. The molecule has 0 atom stereocenters. The van der Waals surface area contributed by atoms with E-state index in [9.17, 15) is 4.79 Å². The minimum absolute atomic E-state index is 0.0991. The Balaban J connectivity index is 1.63. The van der Waals surface area contributed by atoms with Crippen LogP contribution in [0.4, 0.5) is 5.82 Å². The van der Waals surface area contributed by atoms with Gasteiger partial charge in [0.2, 0.25) is 0 Å². The molecule has 0 radical (unpaired) electrons. The van der Waals surface area contributed by atoms with Crippen LogP contribution in [0.5, 0.6) is 0 Å². The summed E-state index contributed by atoms with van der Waals surface area (Å²) in [4.78, 5) is 21.3. The second-order valence-electron chi connectivity index (χ2n) is 6.73. The van der Waals surface area contributed by atoms with Gasteiger partial charge in [0.15, 0.2) is 0 Å². The number of aromatic nitrogens is 1. The number of benzene rings is 1. The van der Waals surface area contributed by atoms with E-state index in [1.165, 1.54) is 11.1 Å². The molecule has 2 aromatic rings. The van der Waals surface area contributed by atoms with Gasteiger partial charge in [-0.15, -0.1) is 0 Å². The van der Waals surface area contributed by atoms with Gasteiger partial charge in [0.25, 0.3) is 5.91 Å². The van der Waals surface area contributed by atoms with Gasteiger partial charge >= 0.3 is 0 Å². The van der Waals surface area contributed by atoms with E-state index in [2.05, 4.69) is 44.4 Å². The van der Waals surface area contributed by atoms with E-state index < -0.39 is 0 Å². The van der Waals surface area contributed by atoms with Crippen LogP contribution in [0.2, 0.25) is 0 Å². The summed E-state index contributed by atoms with van der Waals surface area (Å²) in [6, 6.07) is 14.2. The fourth-order valence-electron chi connectivity index (χ4n) is 3.10. The van der Waals surface area contributed by atoms with Crippen LogP contribution in [0.1, 0.15) is 28.0 Å². The summed E-state index contributed by atoms with van der Waals surface area (Å²) in [5.74, 6) is 0.772. The van der Waals surface area contributed by atoms with Crippen molar-refractivity contribution in [1.82, 2.24) is 15.2 Å². The van der Waals surface area contributed by atoms with Crippen molar-refractivity contribution < 1.29 is 4.79 Å². The van der Waals surface area contributed by atoms with E-state index in [-0.39, 0.29) is 5.91 Å². The standard InChI is InChI=1S/C20H26N4O/c1-23(2)13-6-12-21-20(25)18-9-5-10-19(22-18)24-14-11-16-7-3-4-8-17(16)15-24/h3-5,7-10H,6,11-15H2,1-2H3,(H,21,25). The topological polar surface area (TPSA) is 48.5 Å². The van der Waals surface area contributed by atoms with Crippen molar-refractivity contribution in [1.29, 1.82) is 0 Å². The van der Waals surface area contributed by atoms with E-state index in [1.54, 1.807) is 6.07 Å². The lowest BCUT2D eigenvalue weighted by Crippen LogP contribution is -2.32. The monoisotopic (exact) mass is 338 g/mol. The van der Waals surface area contributed by atoms with Crippen molar-refractivity contribution in [2.24, 2.45) is 0 Å². The highest BCUT2D eigenvalue weighted by Crippen LogP contribution is 2.23. The predicted molar refractivity (Wildman–Crippen MR) is 101 cm³/mol. The van der Waals surface area contributed by atoms with Crippen molar-refractivity contribution >= 4 is 11.7 Å². The first-order chi connectivity index (χ1) is 12.1. The Labute approximate surface area is 149 Å². The van der Waals surface area contributed by atoms with Crippen molar-refractivity contribution in [2.45, 2.75) is 19.4 Å². The van der Waals surface area contributed by atoms with Gasteiger partial charge in [0.1, 0.15) is 11.5 Å². The number of fused-ring (bicyclic) bond motifs is 1. The van der Waals surface area contributed by atoms with Gasteiger partial charge < -0.3 is 15.1 Å². The Hall–Kier alpha value is -2.40. The van der Waals surface area contributed by atoms with E-state index in [1.807, 2.05) is 26.2 Å². The van der Waals surface area contributed by atoms with Crippen LogP contribution in [0.3, 0.4) is 0 Å². The molecule has 0 saturated carbocycles. The Morgan fingerprint density at radius 2 is 1.96 bits per heavy atom. The highest BCUT2D eigenvalue weighted by Gasteiger charge is 2.18. The Kier molecular flexibility index (Phi) is 5.66. The third-order valence-corrected chi connectivity index (χ3v) is 4.49. The maximum Gasteiger partial charge on any atom is 0.269 e. The maximum atomic E-state index is 12.3. The van der Waals surface area contributed by atoms with Crippen LogP contribution in [-0.2, 0) is 13.0 Å². The maximum absolute atomic E-state index is 12.3. The predicted octanol–water partition coefficient (Wildman–Crippen LogP) is 2.33. The van der Waals surface area contributed by atoms with Crippen molar-refractivity contribution in [3.8, 4) is 0 Å². The van der Waals surface area contributed by atoms with Crippen molar-refractivity contribution in [2.75, 3.05) is 38.6 Å². The van der Waals surface area contributed by atoms with Gasteiger partial charge in [-0.25, -0.2) is 4.98 Å². The molecule has 1 aromatic heterocycles. The molecule has 0 unspecified atom stereocenters. The fraction of sp³-hybridized carbons (Fsp3) is 0.400. The van der Waals surface area contributed by atoms with Gasteiger partial charge in [0.05, 0.1) is 0 Å². The van der Waals surface area contributed by atoms with Gasteiger partial charge in [-0.05, 0) is 56.7 Å². The average molecular weight is 338 g/mol. The number of hydrogen-bond donors (Lipinski definition) is 1. The average Bonchev–Trinajstić information content (AvgIpc) is 2.64. The van der Waals surface area contributed by atoms with Crippen LogP contribution < -0.4 is 10.2 Å². The lowest BCUT2D eigenvalue weighted by atomic mass is 10.00. The summed E-state index contributed by atoms with van der Waals surface area (Å²) in [6.07, 6.45) is 1.94. The molecule has 0 saturated heterocycles. The third kappa shape index (κ3) is 4.57. The zero-order chi connectivity index (χ0) is 17.6. The van der Waals surface area contributed by atoms with Gasteiger partial charge in [0, 0.05) is 19.6 Å². The number of carbonyl (C=O) groups excluding carboxylic acids is 1. The molecule has 3 rings (SSSR count). The summed E-state index contributed by atoms with van der Waals surface area (Å²) >= 11 is 0. The molecule has 1 amide bonds. The smallest absolute Gasteiger partial charge is 0.269 e. The number of nitrogens with one attached hydrogen (secondary N) is 1. The number of rotatable bonds is 6. The molecule has 5 nitrogen and oxygen atoms in total. The lowest BCUT2D eigenvalue weighted by molar-refractivity contribution is 0.0947. The summed E-state index contributed by atoms with van der Waals surface area (Å²) in [7, 11) is 4.06. The largest absolute Gasteiger partial charge is 0.352 e. The fourth-order valence-corrected chi connectivity index (χ4v) is 3.10. The minimum atomic E-state index is -0.0991. The SMILES string of the molecule is CN(C)CCCNC(=O)c1cccc(N2CCc3ccccc3C2)n1. The van der Waals surface area contributed by atoms with Gasteiger partial charge in [-0.3, -0.25) is 4.79 Å². The number of hydrogen-bond acceptors (Lipinski definition) is 4. The zero-order valence-corrected chi connectivity index (χ0v) is 15.0. The van der Waals surface area contributed by atoms with E-state index in [0.29, 0.717) is 12.2 Å². The normalized spacial score (nSPS) is 13.6. The first-order valence-corrected chi connectivity index (χ1v) is 8.85. The second kappa shape index (κ2) is 8.12. The summed E-state index contributed by atoms with van der Waals surface area (Å²) in [6.45, 7) is 3.40. The van der Waals surface area contributed by atoms with Crippen LogP contribution in [0, 0.1) is 0 Å². The Morgan fingerprint density at radius 1 is 1.16 bits per heavy atom. The van der Waals surface area contributed by atoms with Crippen LogP contribution in [0.25, 0.3) is 0 Å².